The summed E-state index contributed by atoms with van der Waals surface area (Å²) in [6.45, 7) is 5.25. The second kappa shape index (κ2) is 8.93. The first-order valence-corrected chi connectivity index (χ1v) is 10.9. The Balaban J connectivity index is 1.58. The molecule has 0 radical (unpaired) electrons. The number of phosphoric acid groups is 1. The molecule has 5 atom stereocenters. The highest BCUT2D eigenvalue weighted by Crippen LogP contribution is 2.56. The summed E-state index contributed by atoms with van der Waals surface area (Å²) >= 11 is 0. The van der Waals surface area contributed by atoms with Crippen LogP contribution in [-0.2, 0) is 32.4 Å². The van der Waals surface area contributed by atoms with Gasteiger partial charge in [-0.15, -0.1) is 0 Å². The Kier molecular flexibility index (Phi) is 6.75. The summed E-state index contributed by atoms with van der Waals surface area (Å²) in [5.74, 6) is -0.762. The van der Waals surface area contributed by atoms with Crippen molar-refractivity contribution in [2.24, 2.45) is 5.92 Å². The smallest absolute Gasteiger partial charge is 0.466 e. The minimum Gasteiger partial charge on any atom is -0.466 e. The Hall–Kier alpha value is -1.78. The van der Waals surface area contributed by atoms with Crippen molar-refractivity contribution in [3.05, 3.63) is 32.6 Å². The van der Waals surface area contributed by atoms with Crippen LogP contribution in [0.25, 0.3) is 0 Å². The van der Waals surface area contributed by atoms with E-state index in [1.807, 2.05) is 0 Å². The van der Waals surface area contributed by atoms with Crippen molar-refractivity contribution in [3.63, 3.8) is 0 Å². The topological polar surface area (TPSA) is 135 Å². The normalized spacial score (nSPS) is 30.0. The Morgan fingerprint density at radius 2 is 2.17 bits per heavy atom. The predicted molar refractivity (Wildman–Crippen MR) is 99.4 cm³/mol. The Labute approximate surface area is 166 Å². The highest BCUT2D eigenvalue weighted by Gasteiger charge is 2.48. The molecule has 0 aliphatic carbocycles. The summed E-state index contributed by atoms with van der Waals surface area (Å²) in [5.41, 5.74) is -0.696. The van der Waals surface area contributed by atoms with Crippen LogP contribution in [0.4, 0.5) is 0 Å². The number of aromatic amines is 1. The zero-order valence-electron chi connectivity index (χ0n) is 16.5. The molecule has 2 aliphatic rings. The number of carbonyl (C=O) groups excluding carboxylic acids is 1. The van der Waals surface area contributed by atoms with Crippen LogP contribution in [0.3, 0.4) is 0 Å². The number of hydrogen-bond donors (Lipinski definition) is 1. The molecule has 0 amide bonds. The average molecular weight is 432 g/mol. The summed E-state index contributed by atoms with van der Waals surface area (Å²) in [7, 11) is -3.81. The number of rotatable bonds is 7. The molecular weight excluding hydrogens is 407 g/mol. The Morgan fingerprint density at radius 1 is 1.41 bits per heavy atom. The van der Waals surface area contributed by atoms with Crippen molar-refractivity contribution in [1.29, 1.82) is 0 Å². The van der Waals surface area contributed by atoms with Gasteiger partial charge in [0.25, 0.3) is 5.56 Å². The number of aromatic nitrogens is 2. The van der Waals surface area contributed by atoms with Crippen LogP contribution in [0.15, 0.2) is 15.8 Å². The second-order valence-electron chi connectivity index (χ2n) is 7.01. The lowest BCUT2D eigenvalue weighted by Gasteiger charge is -2.29. The average Bonchev–Trinajstić information content (AvgIpc) is 3.07. The highest BCUT2D eigenvalue weighted by molar-refractivity contribution is 7.48. The lowest BCUT2D eigenvalue weighted by Crippen LogP contribution is -2.34. The first kappa shape index (κ1) is 21.9. The minimum absolute atomic E-state index is 0.00247. The van der Waals surface area contributed by atoms with Gasteiger partial charge in [-0.05, 0) is 20.3 Å². The number of H-pyrrole nitrogens is 1. The molecule has 1 N–H and O–H groups in total. The third-order valence-corrected chi connectivity index (χ3v) is 6.28. The largest absolute Gasteiger partial charge is 0.475 e. The molecule has 29 heavy (non-hydrogen) atoms. The molecule has 11 nitrogen and oxygen atoms in total. The highest BCUT2D eigenvalue weighted by atomic mass is 31.2. The first-order valence-electron chi connectivity index (χ1n) is 9.44. The number of hydrogen-bond acceptors (Lipinski definition) is 9. The maximum Gasteiger partial charge on any atom is 0.475 e. The summed E-state index contributed by atoms with van der Waals surface area (Å²) in [4.78, 5) is 37.4. The van der Waals surface area contributed by atoms with E-state index < -0.39 is 43.4 Å². The molecule has 0 aromatic carbocycles. The number of nitrogens with one attached hydrogen (secondary N) is 1. The number of fused-ring (bicyclic) bond motifs is 1. The number of nitrogens with zero attached hydrogens (tertiary/aromatic N) is 1. The van der Waals surface area contributed by atoms with Crippen molar-refractivity contribution in [2.45, 2.75) is 52.0 Å². The summed E-state index contributed by atoms with van der Waals surface area (Å²) in [5, 5.41) is 0. The quantitative estimate of drug-likeness (QED) is 0.499. The number of ether oxygens (including phenoxy) is 2. The maximum atomic E-state index is 12.7. The zero-order valence-corrected chi connectivity index (χ0v) is 17.4. The molecule has 1 aromatic rings. The molecule has 0 spiro atoms. The minimum atomic E-state index is -3.81. The fraction of sp³-hybridized carbons (Fsp3) is 0.706. The van der Waals surface area contributed by atoms with E-state index in [2.05, 4.69) is 4.98 Å². The molecule has 2 aliphatic heterocycles. The van der Waals surface area contributed by atoms with Gasteiger partial charge in [0, 0.05) is 18.2 Å². The summed E-state index contributed by atoms with van der Waals surface area (Å²) < 4.78 is 40.7. The van der Waals surface area contributed by atoms with Crippen molar-refractivity contribution in [3.8, 4) is 0 Å². The van der Waals surface area contributed by atoms with Crippen LogP contribution in [0, 0.1) is 12.8 Å². The van der Waals surface area contributed by atoms with E-state index in [0.717, 1.165) is 0 Å². The van der Waals surface area contributed by atoms with Gasteiger partial charge >= 0.3 is 19.5 Å². The monoisotopic (exact) mass is 432 g/mol. The third-order valence-electron chi connectivity index (χ3n) is 4.79. The van der Waals surface area contributed by atoms with E-state index in [1.165, 1.54) is 10.8 Å². The van der Waals surface area contributed by atoms with Gasteiger partial charge in [0.1, 0.15) is 18.4 Å². The van der Waals surface area contributed by atoms with Crippen LogP contribution in [0.5, 0.6) is 0 Å². The number of aryl methyl sites for hydroxylation is 1. The lowest BCUT2D eigenvalue weighted by atomic mass is 10.1. The van der Waals surface area contributed by atoms with E-state index >= 15 is 0 Å². The molecule has 12 heteroatoms. The van der Waals surface area contributed by atoms with Crippen LogP contribution < -0.4 is 11.2 Å². The van der Waals surface area contributed by atoms with Crippen LogP contribution in [-0.4, -0.2) is 47.5 Å². The number of phosphoric ester groups is 1. The first-order chi connectivity index (χ1) is 13.7. The van der Waals surface area contributed by atoms with Crippen LogP contribution >= 0.6 is 7.82 Å². The molecule has 0 saturated carbocycles. The van der Waals surface area contributed by atoms with Gasteiger partial charge in [-0.1, -0.05) is 6.92 Å². The van der Waals surface area contributed by atoms with E-state index in [4.69, 9.17) is 23.0 Å². The zero-order chi connectivity index (χ0) is 21.2. The SMILES string of the molecule is CCOC(=O)[C@H](C)CCO[P@]1(=O)OC[C@@H]2O[C@H](n3cc(C)c(=O)[nH]c3=O)C[C@H]2O1. The van der Waals surface area contributed by atoms with Crippen molar-refractivity contribution < 1.29 is 32.4 Å². The van der Waals surface area contributed by atoms with Crippen molar-refractivity contribution in [2.75, 3.05) is 19.8 Å². The second-order valence-corrected chi connectivity index (χ2v) is 8.63. The molecule has 3 rings (SSSR count). The standard InChI is InChI=1S/C17H25N2O9P/c1-4-24-16(21)10(2)5-6-25-29(23)26-9-13-12(28-29)7-14(27-13)19-8-11(3)15(20)18-17(19)22/h8,10,12-14H,4-7,9H2,1-3H3,(H,18,20,22)/t10-,12-,13+,14+,29-/m1/s1. The van der Waals surface area contributed by atoms with E-state index in [1.54, 1.807) is 20.8 Å². The Morgan fingerprint density at radius 3 is 2.90 bits per heavy atom. The van der Waals surface area contributed by atoms with E-state index in [9.17, 15) is 18.9 Å². The van der Waals surface area contributed by atoms with Gasteiger partial charge in [0.2, 0.25) is 0 Å². The van der Waals surface area contributed by atoms with Gasteiger partial charge in [0.15, 0.2) is 0 Å². The summed E-state index contributed by atoms with van der Waals surface area (Å²) in [6.07, 6.45) is 0.147. The van der Waals surface area contributed by atoms with Gasteiger partial charge < -0.3 is 9.47 Å². The van der Waals surface area contributed by atoms with E-state index in [0.29, 0.717) is 12.0 Å². The van der Waals surface area contributed by atoms with Crippen molar-refractivity contribution in [1.82, 2.24) is 9.55 Å². The molecule has 1 aromatic heterocycles. The number of carbonyl (C=O) groups is 1. The van der Waals surface area contributed by atoms with Crippen molar-refractivity contribution >= 4 is 13.8 Å². The molecule has 2 fully saturated rings. The lowest BCUT2D eigenvalue weighted by molar-refractivity contribution is -0.147. The van der Waals surface area contributed by atoms with Gasteiger partial charge in [0.05, 0.1) is 25.7 Å². The van der Waals surface area contributed by atoms with E-state index in [-0.39, 0.29) is 32.2 Å². The summed E-state index contributed by atoms with van der Waals surface area (Å²) in [6, 6.07) is 0. The van der Waals surface area contributed by atoms with Crippen LogP contribution in [0.1, 0.15) is 38.5 Å². The van der Waals surface area contributed by atoms with Gasteiger partial charge in [-0.2, -0.15) is 0 Å². The fourth-order valence-corrected chi connectivity index (χ4v) is 4.51. The van der Waals surface area contributed by atoms with Gasteiger partial charge in [-0.3, -0.25) is 32.7 Å². The fourth-order valence-electron chi connectivity index (χ4n) is 3.10. The molecular formula is C17H25N2O9P. The Bertz CT molecular complexity index is 911. The predicted octanol–water partition coefficient (Wildman–Crippen LogP) is 1.26. The molecule has 0 bridgehead atoms. The van der Waals surface area contributed by atoms with Gasteiger partial charge in [-0.25, -0.2) is 9.36 Å². The molecule has 2 saturated heterocycles. The molecule has 0 unspecified atom stereocenters. The molecule has 3 heterocycles. The van der Waals surface area contributed by atoms with Crippen LogP contribution in [0.2, 0.25) is 0 Å². The molecule has 162 valence electrons. The third kappa shape index (κ3) is 5.04. The maximum absolute atomic E-state index is 12.7. The number of esters is 1.